The molecule has 126 valence electrons. The first-order valence-corrected chi connectivity index (χ1v) is 9.42. The van der Waals surface area contributed by atoms with E-state index in [-0.39, 0.29) is 12.5 Å². The van der Waals surface area contributed by atoms with Crippen LogP contribution in [0.1, 0.15) is 20.1 Å². The number of hydrogen-bond acceptors (Lipinski definition) is 5. The normalized spacial score (nSPS) is 13.6. The maximum absolute atomic E-state index is 12.6. The van der Waals surface area contributed by atoms with Crippen LogP contribution in [-0.2, 0) is 5.60 Å². The second-order valence-electron chi connectivity index (χ2n) is 5.68. The zero-order valence-corrected chi connectivity index (χ0v) is 14.8. The number of aliphatic hydroxyl groups is 1. The molecule has 0 saturated heterocycles. The molecule has 0 spiro atoms. The molecule has 25 heavy (non-hydrogen) atoms. The molecular formula is C19H15NO3S2. The first-order valence-electron chi connectivity index (χ1n) is 7.73. The predicted octanol–water partition coefficient (Wildman–Crippen LogP) is 4.22. The van der Waals surface area contributed by atoms with Crippen LogP contribution < -0.4 is 5.32 Å². The number of amides is 1. The van der Waals surface area contributed by atoms with Gasteiger partial charge in [0.15, 0.2) is 0 Å². The van der Waals surface area contributed by atoms with Crippen molar-refractivity contribution >= 4 is 38.7 Å². The Morgan fingerprint density at radius 2 is 2.08 bits per heavy atom. The molecule has 2 N–H and O–H groups in total. The lowest BCUT2D eigenvalue weighted by atomic mass is 9.94. The standard InChI is InChI=1S/C19H15NO3S2/c21-18(16-10-13-4-1-2-5-15(13)25-16)20-12-19(22,14-7-8-23-11-14)17-6-3-9-24-17/h1-11,22H,12H2,(H,20,21)/t19-/m0/s1. The minimum absolute atomic E-state index is 0.0696. The van der Waals surface area contributed by atoms with Gasteiger partial charge in [0.1, 0.15) is 5.60 Å². The molecule has 0 fully saturated rings. The van der Waals surface area contributed by atoms with E-state index < -0.39 is 5.60 Å². The van der Waals surface area contributed by atoms with Gasteiger partial charge in [-0.15, -0.1) is 22.7 Å². The molecular weight excluding hydrogens is 354 g/mol. The van der Waals surface area contributed by atoms with Crippen molar-refractivity contribution in [3.05, 3.63) is 81.8 Å². The van der Waals surface area contributed by atoms with Gasteiger partial charge in [0.05, 0.1) is 23.9 Å². The van der Waals surface area contributed by atoms with Gasteiger partial charge in [0.2, 0.25) is 0 Å². The molecule has 1 amide bonds. The van der Waals surface area contributed by atoms with Crippen molar-refractivity contribution in [2.75, 3.05) is 6.54 Å². The zero-order valence-electron chi connectivity index (χ0n) is 13.1. The van der Waals surface area contributed by atoms with Crippen LogP contribution in [0.5, 0.6) is 0 Å². The van der Waals surface area contributed by atoms with Crippen LogP contribution in [0.15, 0.2) is 70.9 Å². The third-order valence-electron chi connectivity index (χ3n) is 4.08. The van der Waals surface area contributed by atoms with E-state index in [0.29, 0.717) is 10.4 Å². The number of benzene rings is 1. The highest BCUT2D eigenvalue weighted by molar-refractivity contribution is 7.20. The summed E-state index contributed by atoms with van der Waals surface area (Å²) in [6, 6.07) is 15.2. The monoisotopic (exact) mass is 369 g/mol. The number of thiophene rings is 2. The van der Waals surface area contributed by atoms with Crippen LogP contribution in [0.25, 0.3) is 10.1 Å². The van der Waals surface area contributed by atoms with Gasteiger partial charge in [-0.25, -0.2) is 0 Å². The van der Waals surface area contributed by atoms with E-state index in [9.17, 15) is 9.90 Å². The summed E-state index contributed by atoms with van der Waals surface area (Å²) in [5, 5.41) is 17.0. The molecule has 0 radical (unpaired) electrons. The Balaban J connectivity index is 1.58. The highest BCUT2D eigenvalue weighted by Crippen LogP contribution is 2.33. The summed E-state index contributed by atoms with van der Waals surface area (Å²) in [6.45, 7) is 0.0696. The summed E-state index contributed by atoms with van der Waals surface area (Å²) in [4.78, 5) is 14.0. The van der Waals surface area contributed by atoms with Crippen LogP contribution in [-0.4, -0.2) is 17.6 Å². The quantitative estimate of drug-likeness (QED) is 0.554. The van der Waals surface area contributed by atoms with Gasteiger partial charge in [-0.3, -0.25) is 4.79 Å². The average molecular weight is 369 g/mol. The predicted molar refractivity (Wildman–Crippen MR) is 100 cm³/mol. The minimum atomic E-state index is -1.31. The van der Waals surface area contributed by atoms with Gasteiger partial charge in [-0.05, 0) is 35.0 Å². The van der Waals surface area contributed by atoms with E-state index in [1.165, 1.54) is 35.2 Å². The summed E-state index contributed by atoms with van der Waals surface area (Å²) in [5.41, 5.74) is -0.695. The maximum atomic E-state index is 12.6. The van der Waals surface area contributed by atoms with Crippen molar-refractivity contribution < 1.29 is 14.3 Å². The minimum Gasteiger partial charge on any atom is -0.472 e. The first-order chi connectivity index (χ1) is 12.2. The van der Waals surface area contributed by atoms with Crippen molar-refractivity contribution in [3.63, 3.8) is 0 Å². The third kappa shape index (κ3) is 3.00. The lowest BCUT2D eigenvalue weighted by molar-refractivity contribution is 0.0716. The molecule has 1 atom stereocenters. The summed E-state index contributed by atoms with van der Waals surface area (Å²) in [7, 11) is 0. The Kier molecular flexibility index (Phi) is 4.17. The van der Waals surface area contributed by atoms with E-state index in [4.69, 9.17) is 4.42 Å². The number of nitrogens with one attached hydrogen (secondary N) is 1. The molecule has 0 aliphatic rings. The summed E-state index contributed by atoms with van der Waals surface area (Å²) in [5.74, 6) is -0.195. The van der Waals surface area contributed by atoms with E-state index in [2.05, 4.69) is 5.32 Å². The largest absolute Gasteiger partial charge is 0.472 e. The molecule has 6 heteroatoms. The van der Waals surface area contributed by atoms with Crippen molar-refractivity contribution in [1.82, 2.24) is 5.32 Å². The second-order valence-corrected chi connectivity index (χ2v) is 7.71. The molecule has 4 aromatic rings. The highest BCUT2D eigenvalue weighted by atomic mass is 32.1. The highest BCUT2D eigenvalue weighted by Gasteiger charge is 2.34. The van der Waals surface area contributed by atoms with Crippen molar-refractivity contribution in [2.45, 2.75) is 5.60 Å². The molecule has 3 heterocycles. The van der Waals surface area contributed by atoms with Gasteiger partial charge >= 0.3 is 0 Å². The van der Waals surface area contributed by atoms with Crippen LogP contribution in [0, 0.1) is 0 Å². The molecule has 0 saturated carbocycles. The summed E-state index contributed by atoms with van der Waals surface area (Å²) < 4.78 is 6.19. The van der Waals surface area contributed by atoms with Gasteiger partial charge in [0, 0.05) is 15.1 Å². The van der Waals surface area contributed by atoms with Gasteiger partial charge in [-0.2, -0.15) is 0 Å². The first kappa shape index (κ1) is 16.1. The van der Waals surface area contributed by atoms with E-state index >= 15 is 0 Å². The Morgan fingerprint density at radius 3 is 2.80 bits per heavy atom. The summed E-state index contributed by atoms with van der Waals surface area (Å²) >= 11 is 2.88. The fourth-order valence-electron chi connectivity index (χ4n) is 2.73. The van der Waals surface area contributed by atoms with Gasteiger partial charge in [0.25, 0.3) is 5.91 Å². The lowest BCUT2D eigenvalue weighted by Gasteiger charge is -2.26. The SMILES string of the molecule is O=C(NC[C@](O)(c1ccoc1)c1cccs1)c1cc2ccccc2s1. The molecule has 3 aromatic heterocycles. The number of fused-ring (bicyclic) bond motifs is 1. The second kappa shape index (κ2) is 6.48. The fraction of sp³-hybridized carbons (Fsp3) is 0.105. The van der Waals surface area contributed by atoms with Gasteiger partial charge in [-0.1, -0.05) is 24.3 Å². The van der Waals surface area contributed by atoms with Crippen LogP contribution in [0.2, 0.25) is 0 Å². The smallest absolute Gasteiger partial charge is 0.261 e. The lowest BCUT2D eigenvalue weighted by Crippen LogP contribution is -2.40. The number of furan rings is 1. The zero-order chi connectivity index (χ0) is 17.3. The maximum Gasteiger partial charge on any atom is 0.261 e. The van der Waals surface area contributed by atoms with E-state index in [0.717, 1.165) is 15.0 Å². The molecule has 0 aliphatic carbocycles. The van der Waals surface area contributed by atoms with Gasteiger partial charge < -0.3 is 14.8 Å². The van der Waals surface area contributed by atoms with Crippen molar-refractivity contribution in [1.29, 1.82) is 0 Å². The Bertz CT molecular complexity index is 920. The Hall–Kier alpha value is -2.41. The topological polar surface area (TPSA) is 62.5 Å². The number of hydrogen-bond donors (Lipinski definition) is 2. The van der Waals surface area contributed by atoms with Crippen molar-refractivity contribution in [2.24, 2.45) is 0 Å². The number of rotatable bonds is 5. The molecule has 0 aliphatic heterocycles. The van der Waals surface area contributed by atoms with E-state index in [1.807, 2.05) is 47.8 Å². The molecule has 0 unspecified atom stereocenters. The third-order valence-corrected chi connectivity index (χ3v) is 6.22. The number of carbonyl (C=O) groups is 1. The van der Waals surface area contributed by atoms with Crippen molar-refractivity contribution in [3.8, 4) is 0 Å². The van der Waals surface area contributed by atoms with Crippen LogP contribution >= 0.6 is 22.7 Å². The van der Waals surface area contributed by atoms with Crippen LogP contribution in [0.3, 0.4) is 0 Å². The molecule has 4 nitrogen and oxygen atoms in total. The van der Waals surface area contributed by atoms with Crippen LogP contribution in [0.4, 0.5) is 0 Å². The number of carbonyl (C=O) groups excluding carboxylic acids is 1. The average Bonchev–Trinajstić information content (AvgIpc) is 3.40. The fourth-order valence-corrected chi connectivity index (χ4v) is 4.56. The Labute approximate surface area is 152 Å². The molecule has 1 aromatic carbocycles. The molecule has 0 bridgehead atoms. The summed E-state index contributed by atoms with van der Waals surface area (Å²) in [6.07, 6.45) is 3.02. The Morgan fingerprint density at radius 1 is 1.20 bits per heavy atom. The molecule has 4 rings (SSSR count). The van der Waals surface area contributed by atoms with E-state index in [1.54, 1.807) is 6.07 Å².